The number of hydrogen-bond donors (Lipinski definition) is 1. The zero-order valence-electron chi connectivity index (χ0n) is 15.4. The number of carbonyl (C=O) groups is 1. The Morgan fingerprint density at radius 1 is 1.19 bits per heavy atom. The fraction of sp³-hybridized carbons (Fsp3) is 0.250. The molecule has 1 N–H and O–H groups in total. The second-order valence-electron chi connectivity index (χ2n) is 6.46. The first-order chi connectivity index (χ1) is 12.9. The van der Waals surface area contributed by atoms with Gasteiger partial charge in [-0.25, -0.2) is 14.5 Å². The van der Waals surface area contributed by atoms with Gasteiger partial charge in [0, 0.05) is 11.8 Å². The Morgan fingerprint density at radius 2 is 2.00 bits per heavy atom. The van der Waals surface area contributed by atoms with Gasteiger partial charge in [-0.3, -0.25) is 0 Å². The topological polar surface area (TPSA) is 86.5 Å². The van der Waals surface area contributed by atoms with E-state index in [0.717, 1.165) is 17.0 Å². The van der Waals surface area contributed by atoms with Crippen molar-refractivity contribution in [1.29, 1.82) is 0 Å². The molecule has 7 heteroatoms. The molecule has 0 aliphatic carbocycles. The summed E-state index contributed by atoms with van der Waals surface area (Å²) in [4.78, 5) is 15.6. The largest absolute Gasteiger partial charge is 0.497 e. The standard InChI is InChI=1S/C20H21N3O4/c1-20(2,19(24)25)27-13-15-12-17(14-7-6-8-16(11-14)26-3)23(22-15)18-9-4-5-10-21-18/h4-12H,13H2,1-3H3,(H,24,25). The van der Waals surface area contributed by atoms with Crippen molar-refractivity contribution in [3.05, 3.63) is 60.4 Å². The highest BCUT2D eigenvalue weighted by atomic mass is 16.5. The second kappa shape index (κ2) is 7.59. The molecule has 0 aliphatic rings. The molecule has 0 fully saturated rings. The van der Waals surface area contributed by atoms with Gasteiger partial charge < -0.3 is 14.6 Å². The number of aromatic nitrogens is 3. The lowest BCUT2D eigenvalue weighted by molar-refractivity contribution is -0.162. The molecule has 3 aromatic rings. The number of rotatable bonds is 7. The number of methoxy groups -OCH3 is 1. The average molecular weight is 367 g/mol. The van der Waals surface area contributed by atoms with E-state index in [1.165, 1.54) is 13.8 Å². The molecular weight excluding hydrogens is 346 g/mol. The summed E-state index contributed by atoms with van der Waals surface area (Å²) in [6.45, 7) is 3.08. The third kappa shape index (κ3) is 4.15. The van der Waals surface area contributed by atoms with Crippen molar-refractivity contribution in [3.8, 4) is 22.8 Å². The first-order valence-corrected chi connectivity index (χ1v) is 8.43. The van der Waals surface area contributed by atoms with Crippen molar-refractivity contribution in [2.45, 2.75) is 26.1 Å². The van der Waals surface area contributed by atoms with Gasteiger partial charge in [-0.1, -0.05) is 18.2 Å². The van der Waals surface area contributed by atoms with E-state index in [1.807, 2.05) is 48.5 Å². The number of hydrogen-bond acceptors (Lipinski definition) is 5. The Morgan fingerprint density at radius 3 is 2.67 bits per heavy atom. The van der Waals surface area contributed by atoms with Crippen LogP contribution in [0.2, 0.25) is 0 Å². The summed E-state index contributed by atoms with van der Waals surface area (Å²) in [7, 11) is 1.61. The predicted octanol–water partition coefficient (Wildman–Crippen LogP) is 3.32. The van der Waals surface area contributed by atoms with E-state index in [4.69, 9.17) is 9.47 Å². The van der Waals surface area contributed by atoms with Crippen LogP contribution in [0.4, 0.5) is 0 Å². The minimum absolute atomic E-state index is 0.0656. The summed E-state index contributed by atoms with van der Waals surface area (Å²) in [5.74, 6) is 0.352. The third-order valence-electron chi connectivity index (χ3n) is 4.09. The van der Waals surface area contributed by atoms with Crippen LogP contribution in [-0.2, 0) is 16.1 Å². The Balaban J connectivity index is 2.00. The summed E-state index contributed by atoms with van der Waals surface area (Å²) in [6.07, 6.45) is 1.69. The zero-order chi connectivity index (χ0) is 19.4. The Kier molecular flexibility index (Phi) is 5.23. The number of aliphatic carboxylic acids is 1. The average Bonchev–Trinajstić information content (AvgIpc) is 3.11. The Labute approximate surface area is 157 Å². The SMILES string of the molecule is COc1cccc(-c2cc(COC(C)(C)C(=O)O)nn2-c2ccccn2)c1. The van der Waals surface area contributed by atoms with E-state index in [9.17, 15) is 9.90 Å². The highest BCUT2D eigenvalue weighted by Crippen LogP contribution is 2.27. The van der Waals surface area contributed by atoms with Crippen LogP contribution in [0, 0.1) is 0 Å². The molecule has 0 amide bonds. The van der Waals surface area contributed by atoms with Crippen LogP contribution >= 0.6 is 0 Å². The van der Waals surface area contributed by atoms with Gasteiger partial charge in [-0.15, -0.1) is 0 Å². The van der Waals surface area contributed by atoms with Crippen molar-refractivity contribution in [1.82, 2.24) is 14.8 Å². The van der Waals surface area contributed by atoms with E-state index in [1.54, 1.807) is 18.0 Å². The van der Waals surface area contributed by atoms with Crippen LogP contribution in [0.15, 0.2) is 54.7 Å². The van der Waals surface area contributed by atoms with E-state index in [0.29, 0.717) is 11.5 Å². The van der Waals surface area contributed by atoms with Gasteiger partial charge in [-0.05, 0) is 44.2 Å². The van der Waals surface area contributed by atoms with E-state index >= 15 is 0 Å². The Hall–Kier alpha value is -3.19. The third-order valence-corrected chi connectivity index (χ3v) is 4.09. The van der Waals surface area contributed by atoms with Crippen molar-refractivity contribution < 1.29 is 19.4 Å². The van der Waals surface area contributed by atoms with Crippen molar-refractivity contribution in [2.75, 3.05) is 7.11 Å². The molecule has 1 aromatic carbocycles. The quantitative estimate of drug-likeness (QED) is 0.689. The molecule has 0 unspecified atom stereocenters. The molecular formula is C20H21N3O4. The first kappa shape index (κ1) is 18.6. The van der Waals surface area contributed by atoms with E-state index in [-0.39, 0.29) is 6.61 Å². The molecule has 27 heavy (non-hydrogen) atoms. The predicted molar refractivity (Wildman–Crippen MR) is 99.9 cm³/mol. The monoisotopic (exact) mass is 367 g/mol. The zero-order valence-corrected chi connectivity index (χ0v) is 15.4. The van der Waals surface area contributed by atoms with Gasteiger partial charge in [-0.2, -0.15) is 5.10 Å². The van der Waals surface area contributed by atoms with Crippen LogP contribution in [0.1, 0.15) is 19.5 Å². The summed E-state index contributed by atoms with van der Waals surface area (Å²) in [6, 6.07) is 15.0. The summed E-state index contributed by atoms with van der Waals surface area (Å²) < 4.78 is 12.6. The highest BCUT2D eigenvalue weighted by Gasteiger charge is 2.28. The molecule has 3 rings (SSSR count). The fourth-order valence-corrected chi connectivity index (χ4v) is 2.46. The molecule has 2 heterocycles. The van der Waals surface area contributed by atoms with Crippen LogP contribution in [-0.4, -0.2) is 38.6 Å². The molecule has 0 saturated heterocycles. The van der Waals surface area contributed by atoms with Crippen molar-refractivity contribution in [2.24, 2.45) is 0 Å². The highest BCUT2D eigenvalue weighted by molar-refractivity contribution is 5.76. The lowest BCUT2D eigenvalue weighted by atomic mass is 10.1. The van der Waals surface area contributed by atoms with Gasteiger partial charge >= 0.3 is 5.97 Å². The van der Waals surface area contributed by atoms with Gasteiger partial charge in [0.05, 0.1) is 25.1 Å². The molecule has 0 saturated carbocycles. The molecule has 0 spiro atoms. The smallest absolute Gasteiger partial charge is 0.335 e. The molecule has 0 aliphatic heterocycles. The van der Waals surface area contributed by atoms with Gasteiger partial charge in [0.15, 0.2) is 11.4 Å². The number of carboxylic acid groups (broad SMARTS) is 1. The summed E-state index contributed by atoms with van der Waals surface area (Å²) in [5.41, 5.74) is 1.01. The molecule has 140 valence electrons. The number of ether oxygens (including phenoxy) is 2. The minimum atomic E-state index is -1.30. The molecule has 2 aromatic heterocycles. The number of carboxylic acids is 1. The maximum atomic E-state index is 11.3. The van der Waals surface area contributed by atoms with Gasteiger partial charge in [0.2, 0.25) is 0 Å². The lowest BCUT2D eigenvalue weighted by Gasteiger charge is -2.19. The van der Waals surface area contributed by atoms with Gasteiger partial charge in [0.25, 0.3) is 0 Å². The number of benzene rings is 1. The van der Waals surface area contributed by atoms with E-state index < -0.39 is 11.6 Å². The van der Waals surface area contributed by atoms with Crippen LogP contribution in [0.5, 0.6) is 5.75 Å². The van der Waals surface area contributed by atoms with Crippen molar-refractivity contribution in [3.63, 3.8) is 0 Å². The lowest BCUT2D eigenvalue weighted by Crippen LogP contribution is -2.34. The number of nitrogens with zero attached hydrogens (tertiary/aromatic N) is 3. The summed E-state index contributed by atoms with van der Waals surface area (Å²) in [5, 5.41) is 13.8. The second-order valence-corrected chi connectivity index (χ2v) is 6.46. The molecule has 0 bridgehead atoms. The Bertz CT molecular complexity index is 935. The minimum Gasteiger partial charge on any atom is -0.497 e. The maximum absolute atomic E-state index is 11.3. The van der Waals surface area contributed by atoms with Gasteiger partial charge in [0.1, 0.15) is 5.75 Å². The molecule has 0 atom stereocenters. The van der Waals surface area contributed by atoms with Crippen LogP contribution in [0.3, 0.4) is 0 Å². The summed E-state index contributed by atoms with van der Waals surface area (Å²) >= 11 is 0. The fourth-order valence-electron chi connectivity index (χ4n) is 2.46. The van der Waals surface area contributed by atoms with Crippen LogP contribution in [0.25, 0.3) is 17.1 Å². The first-order valence-electron chi connectivity index (χ1n) is 8.43. The molecule has 0 radical (unpaired) electrons. The molecule has 7 nitrogen and oxygen atoms in total. The van der Waals surface area contributed by atoms with Crippen LogP contribution < -0.4 is 4.74 Å². The normalized spacial score (nSPS) is 11.4. The van der Waals surface area contributed by atoms with E-state index in [2.05, 4.69) is 10.1 Å². The van der Waals surface area contributed by atoms with Crippen molar-refractivity contribution >= 4 is 5.97 Å². The number of pyridine rings is 1. The maximum Gasteiger partial charge on any atom is 0.335 e.